The van der Waals surface area contributed by atoms with E-state index in [-0.39, 0.29) is 4.90 Å². The molecule has 1 aromatic heterocycles. The zero-order valence-electron chi connectivity index (χ0n) is 12.7. The lowest BCUT2D eigenvalue weighted by Gasteiger charge is -2.08. The van der Waals surface area contributed by atoms with Crippen molar-refractivity contribution in [1.29, 1.82) is 0 Å². The lowest BCUT2D eigenvalue weighted by atomic mass is 10.1. The third-order valence-electron chi connectivity index (χ3n) is 3.68. The SMILES string of the molecule is COC(=O)c1cccc2c1ccn2S(=O)(=O)c1ccc(C)cc1. The molecule has 0 aliphatic carbocycles. The monoisotopic (exact) mass is 329 g/mol. The summed E-state index contributed by atoms with van der Waals surface area (Å²) in [6.07, 6.45) is 1.45. The Morgan fingerprint density at radius 2 is 1.74 bits per heavy atom. The van der Waals surface area contributed by atoms with Crippen LogP contribution in [0.1, 0.15) is 15.9 Å². The van der Waals surface area contributed by atoms with Crippen LogP contribution in [0.25, 0.3) is 10.9 Å². The van der Waals surface area contributed by atoms with Gasteiger partial charge in [-0.05, 0) is 37.3 Å². The molecule has 3 aromatic rings. The number of aromatic nitrogens is 1. The van der Waals surface area contributed by atoms with Crippen LogP contribution in [-0.4, -0.2) is 25.5 Å². The molecule has 0 amide bonds. The van der Waals surface area contributed by atoms with E-state index in [9.17, 15) is 13.2 Å². The number of rotatable bonds is 3. The van der Waals surface area contributed by atoms with E-state index in [1.54, 1.807) is 48.5 Å². The van der Waals surface area contributed by atoms with Crippen molar-refractivity contribution < 1.29 is 17.9 Å². The normalized spacial score (nSPS) is 11.6. The van der Waals surface area contributed by atoms with Crippen molar-refractivity contribution in [1.82, 2.24) is 3.97 Å². The van der Waals surface area contributed by atoms with Crippen molar-refractivity contribution in [2.45, 2.75) is 11.8 Å². The quantitative estimate of drug-likeness (QED) is 0.693. The van der Waals surface area contributed by atoms with E-state index in [1.165, 1.54) is 17.3 Å². The van der Waals surface area contributed by atoms with Crippen molar-refractivity contribution >= 4 is 26.9 Å². The number of aryl methyl sites for hydroxylation is 1. The van der Waals surface area contributed by atoms with Crippen LogP contribution in [0.3, 0.4) is 0 Å². The third kappa shape index (κ3) is 2.51. The number of methoxy groups -OCH3 is 1. The van der Waals surface area contributed by atoms with Crippen LogP contribution in [0.5, 0.6) is 0 Å². The number of carbonyl (C=O) groups is 1. The van der Waals surface area contributed by atoms with Crippen LogP contribution in [0.4, 0.5) is 0 Å². The summed E-state index contributed by atoms with van der Waals surface area (Å²) in [5.74, 6) is -0.499. The van der Waals surface area contributed by atoms with E-state index >= 15 is 0 Å². The van der Waals surface area contributed by atoms with Gasteiger partial charge in [-0.3, -0.25) is 0 Å². The number of nitrogens with zero attached hydrogens (tertiary/aromatic N) is 1. The molecule has 5 nitrogen and oxygen atoms in total. The van der Waals surface area contributed by atoms with E-state index in [2.05, 4.69) is 0 Å². The lowest BCUT2D eigenvalue weighted by molar-refractivity contribution is 0.0603. The summed E-state index contributed by atoms with van der Waals surface area (Å²) in [5.41, 5.74) is 1.76. The molecule has 0 aliphatic heterocycles. The van der Waals surface area contributed by atoms with Crippen LogP contribution in [0, 0.1) is 6.92 Å². The maximum Gasteiger partial charge on any atom is 0.338 e. The Kier molecular flexibility index (Phi) is 3.69. The minimum absolute atomic E-state index is 0.198. The van der Waals surface area contributed by atoms with Gasteiger partial charge in [0, 0.05) is 11.6 Å². The first-order valence-corrected chi connectivity index (χ1v) is 8.40. The minimum Gasteiger partial charge on any atom is -0.465 e. The zero-order chi connectivity index (χ0) is 16.6. The van der Waals surface area contributed by atoms with E-state index in [0.717, 1.165) is 5.56 Å². The van der Waals surface area contributed by atoms with Crippen LogP contribution in [0.15, 0.2) is 59.6 Å². The fourth-order valence-electron chi connectivity index (χ4n) is 2.46. The van der Waals surface area contributed by atoms with Gasteiger partial charge in [0.15, 0.2) is 0 Å². The Morgan fingerprint density at radius 3 is 2.39 bits per heavy atom. The molecule has 2 aromatic carbocycles. The van der Waals surface area contributed by atoms with Crippen LogP contribution >= 0.6 is 0 Å². The van der Waals surface area contributed by atoms with Gasteiger partial charge in [-0.15, -0.1) is 0 Å². The second kappa shape index (κ2) is 5.55. The number of hydrogen-bond donors (Lipinski definition) is 0. The highest BCUT2D eigenvalue weighted by molar-refractivity contribution is 7.90. The van der Waals surface area contributed by atoms with Crippen molar-refractivity contribution in [3.63, 3.8) is 0 Å². The number of hydrogen-bond acceptors (Lipinski definition) is 4. The summed E-state index contributed by atoms with van der Waals surface area (Å²) in [6, 6.07) is 13.1. The van der Waals surface area contributed by atoms with Crippen molar-refractivity contribution in [3.05, 3.63) is 65.9 Å². The Labute approximate surface area is 134 Å². The minimum atomic E-state index is -3.72. The summed E-state index contributed by atoms with van der Waals surface area (Å²) >= 11 is 0. The lowest BCUT2D eigenvalue weighted by Crippen LogP contribution is -2.12. The predicted molar refractivity (Wildman–Crippen MR) is 87.0 cm³/mol. The van der Waals surface area contributed by atoms with E-state index in [1.807, 2.05) is 6.92 Å². The Morgan fingerprint density at radius 1 is 1.04 bits per heavy atom. The van der Waals surface area contributed by atoms with Gasteiger partial charge in [-0.1, -0.05) is 23.8 Å². The van der Waals surface area contributed by atoms with Gasteiger partial charge >= 0.3 is 5.97 Å². The second-order valence-electron chi connectivity index (χ2n) is 5.16. The third-order valence-corrected chi connectivity index (χ3v) is 5.38. The van der Waals surface area contributed by atoms with Crippen molar-refractivity contribution in [2.75, 3.05) is 7.11 Å². The van der Waals surface area contributed by atoms with Gasteiger partial charge in [-0.25, -0.2) is 17.2 Å². The first kappa shape index (κ1) is 15.3. The molecule has 3 rings (SSSR count). The van der Waals surface area contributed by atoms with Gasteiger partial charge in [0.1, 0.15) is 0 Å². The molecule has 0 atom stereocenters. The molecule has 6 heteroatoms. The standard InChI is InChI=1S/C17H15NO4S/c1-12-6-8-13(9-7-12)23(20,21)18-11-10-14-15(17(19)22-2)4-3-5-16(14)18/h3-11H,1-2H3. The number of esters is 1. The van der Waals surface area contributed by atoms with Gasteiger partial charge in [-0.2, -0.15) is 0 Å². The molecule has 0 fully saturated rings. The van der Waals surface area contributed by atoms with Crippen LogP contribution in [0.2, 0.25) is 0 Å². The maximum absolute atomic E-state index is 12.8. The van der Waals surface area contributed by atoms with Crippen molar-refractivity contribution in [2.24, 2.45) is 0 Å². The molecule has 0 saturated carbocycles. The predicted octanol–water partition coefficient (Wildman–Crippen LogP) is 2.97. The fourth-order valence-corrected chi connectivity index (χ4v) is 3.81. The fraction of sp³-hybridized carbons (Fsp3) is 0.118. The topological polar surface area (TPSA) is 65.4 Å². The van der Waals surface area contributed by atoms with E-state index < -0.39 is 16.0 Å². The first-order valence-electron chi connectivity index (χ1n) is 6.96. The largest absolute Gasteiger partial charge is 0.465 e. The molecule has 23 heavy (non-hydrogen) atoms. The zero-order valence-corrected chi connectivity index (χ0v) is 13.5. The highest BCUT2D eigenvalue weighted by Gasteiger charge is 2.21. The highest BCUT2D eigenvalue weighted by atomic mass is 32.2. The Bertz CT molecular complexity index is 985. The summed E-state index contributed by atoms with van der Waals surface area (Å²) in [5, 5.41) is 0.537. The smallest absolute Gasteiger partial charge is 0.338 e. The molecule has 0 aliphatic rings. The first-order chi connectivity index (χ1) is 10.9. The average molecular weight is 329 g/mol. The van der Waals surface area contributed by atoms with E-state index in [4.69, 9.17) is 4.74 Å². The summed E-state index contributed by atoms with van der Waals surface area (Å²) in [6.45, 7) is 1.89. The summed E-state index contributed by atoms with van der Waals surface area (Å²) in [4.78, 5) is 12.0. The number of benzene rings is 2. The van der Waals surface area contributed by atoms with Gasteiger partial charge in [0.05, 0.1) is 23.1 Å². The molecule has 0 N–H and O–H groups in total. The molecule has 0 radical (unpaired) electrons. The molecule has 0 unspecified atom stereocenters. The van der Waals surface area contributed by atoms with Crippen LogP contribution < -0.4 is 0 Å². The molecular formula is C17H15NO4S. The molecule has 118 valence electrons. The van der Waals surface area contributed by atoms with E-state index in [0.29, 0.717) is 16.5 Å². The summed E-state index contributed by atoms with van der Waals surface area (Å²) < 4.78 is 31.6. The molecule has 0 spiro atoms. The molecule has 0 bridgehead atoms. The second-order valence-corrected chi connectivity index (χ2v) is 6.97. The van der Waals surface area contributed by atoms with Crippen molar-refractivity contribution in [3.8, 4) is 0 Å². The Hall–Kier alpha value is -2.60. The highest BCUT2D eigenvalue weighted by Crippen LogP contribution is 2.25. The molecule has 1 heterocycles. The number of ether oxygens (including phenoxy) is 1. The van der Waals surface area contributed by atoms with Gasteiger partial charge < -0.3 is 4.74 Å². The van der Waals surface area contributed by atoms with Gasteiger partial charge in [0.25, 0.3) is 10.0 Å². The number of carbonyl (C=O) groups excluding carboxylic acids is 1. The summed E-state index contributed by atoms with van der Waals surface area (Å²) in [7, 11) is -2.43. The molecule has 0 saturated heterocycles. The maximum atomic E-state index is 12.8. The molecular weight excluding hydrogens is 314 g/mol. The van der Waals surface area contributed by atoms with Crippen LogP contribution in [-0.2, 0) is 14.8 Å². The number of fused-ring (bicyclic) bond motifs is 1. The van der Waals surface area contributed by atoms with Gasteiger partial charge in [0.2, 0.25) is 0 Å². The Balaban J connectivity index is 2.21. The average Bonchev–Trinajstić information content (AvgIpc) is 2.99.